The van der Waals surface area contributed by atoms with Crippen LogP contribution < -0.4 is 4.74 Å². The minimum absolute atomic E-state index is 0.228. The number of carboxylic acids is 1. The molecule has 6 nitrogen and oxygen atoms in total. The number of carbonyl (C=O) groups excluding carboxylic acids is 1. The van der Waals surface area contributed by atoms with Crippen LogP contribution in [0.1, 0.15) is 36.0 Å². The summed E-state index contributed by atoms with van der Waals surface area (Å²) in [5.74, 6) is -1.06. The first-order chi connectivity index (χ1) is 9.65. The second-order valence-electron chi connectivity index (χ2n) is 4.76. The van der Waals surface area contributed by atoms with Crippen molar-refractivity contribution >= 4 is 11.9 Å². The highest BCUT2D eigenvalue weighted by atomic mass is 16.5. The van der Waals surface area contributed by atoms with Crippen molar-refractivity contribution in [3.05, 3.63) is 23.9 Å². The van der Waals surface area contributed by atoms with Gasteiger partial charge in [-0.15, -0.1) is 0 Å². The Hall–Kier alpha value is -2.11. The standard InChI is InChI=1S/C14H18N2O4/c1-20-12-10(6-5-8-15-12)13(17)16-9-4-2-3-7-11(16)14(18)19/h5-6,8,11H,2-4,7,9H2,1H3,(H,18,19). The fourth-order valence-electron chi connectivity index (χ4n) is 2.48. The summed E-state index contributed by atoms with van der Waals surface area (Å²) < 4.78 is 5.08. The van der Waals surface area contributed by atoms with Crippen LogP contribution in [0.15, 0.2) is 18.3 Å². The number of likely N-dealkylation sites (tertiary alicyclic amines) is 1. The first kappa shape index (κ1) is 14.3. The number of hydrogen-bond donors (Lipinski definition) is 1. The summed E-state index contributed by atoms with van der Waals surface area (Å²) in [6, 6.07) is 2.48. The van der Waals surface area contributed by atoms with Gasteiger partial charge in [0.15, 0.2) is 0 Å². The number of carbonyl (C=O) groups is 2. The van der Waals surface area contributed by atoms with E-state index in [2.05, 4.69) is 4.98 Å². The molecular weight excluding hydrogens is 260 g/mol. The van der Waals surface area contributed by atoms with Crippen LogP contribution in [0, 0.1) is 0 Å². The van der Waals surface area contributed by atoms with Gasteiger partial charge in [0.2, 0.25) is 5.88 Å². The second-order valence-corrected chi connectivity index (χ2v) is 4.76. The zero-order chi connectivity index (χ0) is 14.5. The van der Waals surface area contributed by atoms with E-state index in [1.807, 2.05) is 0 Å². The maximum Gasteiger partial charge on any atom is 0.326 e. The van der Waals surface area contributed by atoms with E-state index in [0.717, 1.165) is 19.3 Å². The van der Waals surface area contributed by atoms with Crippen LogP contribution in [0.25, 0.3) is 0 Å². The van der Waals surface area contributed by atoms with Crippen molar-refractivity contribution in [3.63, 3.8) is 0 Å². The average molecular weight is 278 g/mol. The van der Waals surface area contributed by atoms with Crippen LogP contribution in [0.3, 0.4) is 0 Å². The summed E-state index contributed by atoms with van der Waals surface area (Å²) in [4.78, 5) is 29.4. The third-order valence-corrected chi connectivity index (χ3v) is 3.49. The van der Waals surface area contributed by atoms with Gasteiger partial charge in [-0.05, 0) is 25.0 Å². The summed E-state index contributed by atoms with van der Waals surface area (Å²) in [5, 5.41) is 9.32. The molecule has 2 heterocycles. The fourth-order valence-corrected chi connectivity index (χ4v) is 2.48. The SMILES string of the molecule is COc1ncccc1C(=O)N1CCCCCC1C(=O)O. The van der Waals surface area contributed by atoms with Gasteiger partial charge in [-0.3, -0.25) is 4.79 Å². The van der Waals surface area contributed by atoms with Crippen molar-refractivity contribution in [2.24, 2.45) is 0 Å². The first-order valence-electron chi connectivity index (χ1n) is 6.68. The van der Waals surface area contributed by atoms with Gasteiger partial charge in [0.25, 0.3) is 5.91 Å². The Morgan fingerprint density at radius 2 is 2.20 bits per heavy atom. The first-order valence-corrected chi connectivity index (χ1v) is 6.68. The predicted octanol–water partition coefficient (Wildman–Crippen LogP) is 1.56. The molecule has 1 saturated heterocycles. The van der Waals surface area contributed by atoms with Gasteiger partial charge < -0.3 is 14.7 Å². The van der Waals surface area contributed by atoms with Crippen molar-refractivity contribution < 1.29 is 19.4 Å². The molecular formula is C14H18N2O4. The molecule has 0 radical (unpaired) electrons. The molecule has 1 amide bonds. The Morgan fingerprint density at radius 1 is 1.40 bits per heavy atom. The zero-order valence-corrected chi connectivity index (χ0v) is 11.4. The Kier molecular flexibility index (Phi) is 4.55. The van der Waals surface area contributed by atoms with Crippen LogP contribution in [0.5, 0.6) is 5.88 Å². The fraction of sp³-hybridized carbons (Fsp3) is 0.500. The van der Waals surface area contributed by atoms with E-state index in [4.69, 9.17) is 4.74 Å². The normalized spacial score (nSPS) is 19.2. The number of amides is 1. The molecule has 2 rings (SSSR count). The van der Waals surface area contributed by atoms with E-state index in [1.54, 1.807) is 12.1 Å². The van der Waals surface area contributed by atoms with E-state index in [9.17, 15) is 14.7 Å². The predicted molar refractivity (Wildman–Crippen MR) is 71.7 cm³/mol. The molecule has 1 aromatic heterocycles. The maximum absolute atomic E-state index is 12.6. The van der Waals surface area contributed by atoms with Gasteiger partial charge in [-0.1, -0.05) is 12.8 Å². The van der Waals surface area contributed by atoms with Crippen LogP contribution in [-0.2, 0) is 4.79 Å². The van der Waals surface area contributed by atoms with Gasteiger partial charge in [-0.2, -0.15) is 0 Å². The monoisotopic (exact) mass is 278 g/mol. The molecule has 1 aliphatic heterocycles. The number of rotatable bonds is 3. The number of nitrogens with zero attached hydrogens (tertiary/aromatic N) is 2. The number of hydrogen-bond acceptors (Lipinski definition) is 4. The van der Waals surface area contributed by atoms with Gasteiger partial charge in [0.05, 0.1) is 7.11 Å². The van der Waals surface area contributed by atoms with E-state index < -0.39 is 12.0 Å². The number of aromatic nitrogens is 1. The third kappa shape index (κ3) is 2.89. The van der Waals surface area contributed by atoms with E-state index in [1.165, 1.54) is 18.2 Å². The maximum atomic E-state index is 12.6. The van der Waals surface area contributed by atoms with Gasteiger partial charge in [0.1, 0.15) is 11.6 Å². The quantitative estimate of drug-likeness (QED) is 0.907. The van der Waals surface area contributed by atoms with Crippen molar-refractivity contribution in [1.29, 1.82) is 0 Å². The van der Waals surface area contributed by atoms with Gasteiger partial charge >= 0.3 is 5.97 Å². The van der Waals surface area contributed by atoms with Crippen molar-refractivity contribution in [2.75, 3.05) is 13.7 Å². The third-order valence-electron chi connectivity index (χ3n) is 3.49. The van der Waals surface area contributed by atoms with Crippen LogP contribution in [0.2, 0.25) is 0 Å². The number of pyridine rings is 1. The molecule has 0 spiro atoms. The molecule has 1 fully saturated rings. The number of aliphatic carboxylic acids is 1. The summed E-state index contributed by atoms with van der Waals surface area (Å²) >= 11 is 0. The molecule has 20 heavy (non-hydrogen) atoms. The molecule has 0 aliphatic carbocycles. The van der Waals surface area contributed by atoms with Crippen LogP contribution >= 0.6 is 0 Å². The topological polar surface area (TPSA) is 79.7 Å². The summed E-state index contributed by atoms with van der Waals surface area (Å²) in [6.07, 6.45) is 4.61. The Balaban J connectivity index is 2.31. The lowest BCUT2D eigenvalue weighted by Gasteiger charge is -2.27. The van der Waals surface area contributed by atoms with Gasteiger partial charge in [-0.25, -0.2) is 9.78 Å². The molecule has 6 heteroatoms. The molecule has 1 aromatic rings. The molecule has 1 N–H and O–H groups in total. The Labute approximate surface area is 117 Å². The van der Waals surface area contributed by atoms with E-state index in [0.29, 0.717) is 18.5 Å². The van der Waals surface area contributed by atoms with Gasteiger partial charge in [0, 0.05) is 12.7 Å². The molecule has 1 atom stereocenters. The minimum Gasteiger partial charge on any atom is -0.480 e. The van der Waals surface area contributed by atoms with Crippen molar-refractivity contribution in [1.82, 2.24) is 9.88 Å². The number of ether oxygens (including phenoxy) is 1. The second kappa shape index (κ2) is 6.36. The molecule has 0 saturated carbocycles. The average Bonchev–Trinajstić information content (AvgIpc) is 2.72. The van der Waals surface area contributed by atoms with E-state index in [-0.39, 0.29) is 11.8 Å². The minimum atomic E-state index is -0.955. The molecule has 1 aliphatic rings. The van der Waals surface area contributed by atoms with Crippen molar-refractivity contribution in [2.45, 2.75) is 31.7 Å². The Bertz CT molecular complexity index is 504. The lowest BCUT2D eigenvalue weighted by molar-refractivity contribution is -0.142. The summed E-state index contributed by atoms with van der Waals surface area (Å²) in [5.41, 5.74) is 0.308. The molecule has 1 unspecified atom stereocenters. The summed E-state index contributed by atoms with van der Waals surface area (Å²) in [7, 11) is 1.44. The van der Waals surface area contributed by atoms with Crippen molar-refractivity contribution in [3.8, 4) is 5.88 Å². The number of methoxy groups -OCH3 is 1. The highest BCUT2D eigenvalue weighted by Gasteiger charge is 2.32. The highest BCUT2D eigenvalue weighted by Crippen LogP contribution is 2.22. The highest BCUT2D eigenvalue weighted by molar-refractivity contribution is 5.98. The Morgan fingerprint density at radius 3 is 2.90 bits per heavy atom. The summed E-state index contributed by atoms with van der Waals surface area (Å²) in [6.45, 7) is 0.452. The zero-order valence-electron chi connectivity index (χ0n) is 11.4. The lowest BCUT2D eigenvalue weighted by Crippen LogP contribution is -2.44. The van der Waals surface area contributed by atoms with Crippen LogP contribution in [0.4, 0.5) is 0 Å². The number of carboxylic acid groups (broad SMARTS) is 1. The lowest BCUT2D eigenvalue weighted by atomic mass is 10.1. The molecule has 0 bridgehead atoms. The van der Waals surface area contributed by atoms with E-state index >= 15 is 0 Å². The molecule has 108 valence electrons. The molecule has 0 aromatic carbocycles. The van der Waals surface area contributed by atoms with Crippen LogP contribution in [-0.4, -0.2) is 46.6 Å². The largest absolute Gasteiger partial charge is 0.480 e. The smallest absolute Gasteiger partial charge is 0.326 e.